The van der Waals surface area contributed by atoms with E-state index in [9.17, 15) is 33.6 Å². The van der Waals surface area contributed by atoms with Gasteiger partial charge in [0.1, 0.15) is 103 Å². The SMILES string of the molecule is CC(C)(C(=O)c1ccc(Sc2ccccc2)cc1)[S+]1CCCC1.CC(C)[S+](C1CCCCC1)C(C(=O)c1ccccc1)C1CCCC1.CCOc1cc(C)c(C(=O)C[S+]2CCCC2)c(C)c1.CCSc1ccc(C(=O)C[S+]2CCCC2)cc1.Cc1cc(C)cc(C(=O)C(C)[S+]2CCCC2)c1.O=C(C[S+]1CCCC1)c1ccc(OC2CCCCC2)cc1.O=C(C[S+]1CCCC1)c1ccc(Oc2ccccc2)cc1. The van der Waals surface area contributed by atoms with Crippen LogP contribution in [0.15, 0.2) is 233 Å². The Kier molecular flexibility index (Phi) is 48.6. The summed E-state index contributed by atoms with van der Waals surface area (Å²) in [4.78, 5) is 91.6. The largest absolute Gasteiger partial charge is 0.494 e. The zero-order chi connectivity index (χ0) is 101. The van der Waals surface area contributed by atoms with Crippen LogP contribution in [0.4, 0.5) is 0 Å². The topological polar surface area (TPSA) is 147 Å². The summed E-state index contributed by atoms with van der Waals surface area (Å²) in [5, 5.41) is 1.92. The van der Waals surface area contributed by atoms with Crippen molar-refractivity contribution in [1.29, 1.82) is 0 Å². The molecule has 0 radical (unpaired) electrons. The minimum atomic E-state index is -0.218. The maximum Gasteiger partial charge on any atom is 0.217 e. The third-order valence-electron chi connectivity index (χ3n) is 28.3. The van der Waals surface area contributed by atoms with E-state index in [0.29, 0.717) is 113 Å². The summed E-state index contributed by atoms with van der Waals surface area (Å²) in [6.45, 7) is 24.1. The molecule has 10 nitrogen and oxygen atoms in total. The zero-order valence-corrected chi connectivity index (χ0v) is 94.5. The monoisotopic (exact) mass is 2090 g/mol. The summed E-state index contributed by atoms with van der Waals surface area (Å²) in [6.07, 6.45) is 34.3. The third kappa shape index (κ3) is 36.6. The van der Waals surface area contributed by atoms with Crippen molar-refractivity contribution in [2.24, 2.45) is 5.92 Å². The summed E-state index contributed by atoms with van der Waals surface area (Å²) in [7, 11) is 2.19. The van der Waals surface area contributed by atoms with Crippen molar-refractivity contribution in [2.45, 2.75) is 290 Å². The van der Waals surface area contributed by atoms with Gasteiger partial charge in [-0.15, -0.1) is 11.8 Å². The number of hydrogen-bond acceptors (Lipinski definition) is 12. The van der Waals surface area contributed by atoms with E-state index in [2.05, 4.69) is 97.9 Å². The molecule has 0 bridgehead atoms. The molecule has 3 atom stereocenters. The normalized spacial score (nSPS) is 17.9. The van der Waals surface area contributed by atoms with E-state index in [-0.39, 0.29) is 42.8 Å². The average molecular weight is 2090 g/mol. The van der Waals surface area contributed by atoms with E-state index in [1.54, 1.807) is 11.8 Å². The molecule has 3 saturated carbocycles. The highest BCUT2D eigenvalue weighted by Gasteiger charge is 2.51. The van der Waals surface area contributed by atoms with Gasteiger partial charge in [-0.05, 0) is 403 Å². The van der Waals surface area contributed by atoms with E-state index in [1.807, 2.05) is 208 Å². The summed E-state index contributed by atoms with van der Waals surface area (Å²) in [5.41, 5.74) is 10.7. The lowest BCUT2D eigenvalue weighted by Gasteiger charge is -2.32. The molecule has 3 aliphatic carbocycles. The Morgan fingerprint density at radius 3 is 1.23 bits per heavy atom. The van der Waals surface area contributed by atoms with Crippen molar-refractivity contribution in [3.05, 3.63) is 280 Å². The molecule has 0 N–H and O–H groups in total. The number of rotatable bonds is 34. The van der Waals surface area contributed by atoms with Crippen molar-refractivity contribution in [3.63, 3.8) is 0 Å². The molecule has 0 aromatic heterocycles. The van der Waals surface area contributed by atoms with Gasteiger partial charge in [-0.25, -0.2) is 0 Å². The van der Waals surface area contributed by atoms with Gasteiger partial charge < -0.3 is 14.2 Å². The van der Waals surface area contributed by atoms with Crippen LogP contribution in [0.5, 0.6) is 23.0 Å². The number of para-hydroxylation sites is 1. The lowest BCUT2D eigenvalue weighted by atomic mass is 9.96. The van der Waals surface area contributed by atoms with Crippen molar-refractivity contribution in [2.75, 3.05) is 104 Å². The molecule has 9 fully saturated rings. The lowest BCUT2D eigenvalue weighted by molar-refractivity contribution is 0.0952. The number of ether oxygens (including phenoxy) is 3. The molecule has 142 heavy (non-hydrogen) atoms. The van der Waals surface area contributed by atoms with Crippen LogP contribution < -0.4 is 14.2 Å². The Labute approximate surface area is 882 Å². The first kappa shape index (κ1) is 114. The van der Waals surface area contributed by atoms with Gasteiger partial charge in [0.15, 0.2) is 38.3 Å². The molecule has 9 aromatic carbocycles. The predicted molar refractivity (Wildman–Crippen MR) is 623 cm³/mol. The number of Topliss-reactive ketones (excluding diaryl/α,β-unsaturated/α-hetero) is 7. The molecule has 0 spiro atoms. The van der Waals surface area contributed by atoms with Gasteiger partial charge in [0.2, 0.25) is 40.5 Å². The highest BCUT2D eigenvalue weighted by molar-refractivity contribution is 8.01. The van der Waals surface area contributed by atoms with Gasteiger partial charge in [-0.2, -0.15) is 0 Å². The fraction of sp³-hybridized carbons (Fsp3) is 0.504. The van der Waals surface area contributed by atoms with E-state index in [0.717, 1.165) is 107 Å². The van der Waals surface area contributed by atoms with E-state index in [1.165, 1.54) is 262 Å². The Hall–Kier alpha value is -6.78. The van der Waals surface area contributed by atoms with Gasteiger partial charge >= 0.3 is 0 Å². The van der Waals surface area contributed by atoms with Gasteiger partial charge in [-0.3, -0.25) is 33.6 Å². The van der Waals surface area contributed by atoms with Crippen LogP contribution >= 0.6 is 23.5 Å². The number of aryl methyl sites for hydroxylation is 4. The first-order valence-electron chi connectivity index (χ1n) is 53.3. The quantitative estimate of drug-likeness (QED) is 0.0215. The number of benzene rings is 9. The number of carbonyl (C=O) groups excluding carboxylic acids is 7. The van der Waals surface area contributed by atoms with Crippen LogP contribution in [0.1, 0.15) is 310 Å². The van der Waals surface area contributed by atoms with Crippen molar-refractivity contribution in [3.8, 4) is 23.0 Å². The molecule has 6 saturated heterocycles. The number of carbonyl (C=O) groups is 7. The molecule has 6 heterocycles. The van der Waals surface area contributed by atoms with Crippen LogP contribution in [-0.4, -0.2) is 177 Å². The minimum absolute atomic E-state index is 0.218. The fourth-order valence-electron chi connectivity index (χ4n) is 20.7. The number of hydrogen-bond donors (Lipinski definition) is 0. The Balaban J connectivity index is 0.000000148. The molecule has 18 rings (SSSR count). The zero-order valence-electron chi connectivity index (χ0n) is 87.1. The number of ketones is 7. The first-order valence-corrected chi connectivity index (χ1v) is 66.6. The van der Waals surface area contributed by atoms with Gasteiger partial charge in [-0.1, -0.05) is 153 Å². The van der Waals surface area contributed by atoms with E-state index < -0.39 is 0 Å². The maximum absolute atomic E-state index is 13.5. The van der Waals surface area contributed by atoms with Crippen LogP contribution in [0.2, 0.25) is 0 Å². The van der Waals surface area contributed by atoms with Crippen molar-refractivity contribution in [1.82, 2.24) is 0 Å². The van der Waals surface area contributed by atoms with Crippen molar-refractivity contribution >= 4 is 140 Å². The Morgan fingerprint density at radius 1 is 0.373 bits per heavy atom. The second-order valence-corrected chi connectivity index (χ2v) is 60.3. The molecule has 3 unspecified atom stereocenters. The maximum atomic E-state index is 13.5. The summed E-state index contributed by atoms with van der Waals surface area (Å²) in [6, 6.07) is 71.9. The van der Waals surface area contributed by atoms with Crippen LogP contribution in [0.3, 0.4) is 0 Å². The molecule has 19 heteroatoms. The predicted octanol–water partition coefficient (Wildman–Crippen LogP) is 29.0. The Morgan fingerprint density at radius 2 is 0.768 bits per heavy atom. The Bertz CT molecular complexity index is 5270. The third-order valence-corrected chi connectivity index (χ3v) is 49.4. The van der Waals surface area contributed by atoms with Crippen molar-refractivity contribution < 1.29 is 47.8 Å². The van der Waals surface area contributed by atoms with Gasteiger partial charge in [0.25, 0.3) is 0 Å². The van der Waals surface area contributed by atoms with E-state index in [4.69, 9.17) is 14.2 Å². The molecule has 6 aliphatic heterocycles. The van der Waals surface area contributed by atoms with Crippen LogP contribution in [-0.2, 0) is 76.3 Å². The van der Waals surface area contributed by atoms with Gasteiger partial charge in [0, 0.05) is 81.3 Å². The van der Waals surface area contributed by atoms with Crippen LogP contribution in [0, 0.1) is 33.6 Å². The molecular weight excluding hydrogens is 1930 g/mol. The average Bonchev–Trinajstić information content (AvgIpc) is 1.52. The molecule has 9 aliphatic rings. The molecular formula is C123H163O10S9+7. The summed E-state index contributed by atoms with van der Waals surface area (Å²) in [5.74, 6) is 25.4. The second-order valence-electron chi connectivity index (χ2n) is 40.2. The fourth-order valence-corrected chi connectivity index (χ4v) is 40.2. The van der Waals surface area contributed by atoms with Gasteiger partial charge in [0.05, 0.1) is 12.7 Å². The first-order chi connectivity index (χ1) is 68.9. The summed E-state index contributed by atoms with van der Waals surface area (Å²) >= 11 is 3.55. The smallest absolute Gasteiger partial charge is 0.217 e. The summed E-state index contributed by atoms with van der Waals surface area (Å²) < 4.78 is 17.1. The second kappa shape index (κ2) is 60.6. The highest BCUT2D eigenvalue weighted by atomic mass is 32.2. The molecule has 0 amide bonds. The highest BCUT2D eigenvalue weighted by Crippen LogP contribution is 2.42. The molecule has 9 aromatic rings. The standard InChI is InChI=1S/C22H33OS.C20H23OS2.C18H25O2S.C18H19O2S.C16H23O2S.C15H21OS.C14H19OS2/c1-17(2)24(20-15-7-4-8-16-20)22(19-13-9-10-14-19)21(23)18-11-5-3-6-12-18;1-20(2,23-14-6-7-15-23)19(21)16-10-12-18(13-11-16)22-17-8-4-3-5-9-17;2*19-18(14-21-12-4-5-13-21)15-8-10-17(11-9-15)20-16-6-2-1-3-7-16;1-4-18-14-9-12(2)16(13(3)10-14)15(17)11-19-7-5-6-8-19;1-11-8-12(2)10-14(9-11)15(16)13(3)17-6-4-5-7-17;1-2-16-13-7-5-12(6-8-13)14(15)11-17-9-3-4-10-17/h3,5-6,11-12,17,19-20,22H,4,7-10,13-16H2,1-2H3;3-5,8-13H,6-7,14-15H2,1-2H3;8-11,16H,1-7,12-14H2;1-3,6-11H,4-5,12-14H2;9-10H,4-8,11H2,1-3H3;8-10,13H,4-7H2,1-3H3;5-8H,2-4,9-11H2,1H3/q7*+1. The molecule has 762 valence electrons. The number of thioether (sulfide) groups is 1. The lowest BCUT2D eigenvalue weighted by Crippen LogP contribution is -2.47. The van der Waals surface area contributed by atoms with Crippen LogP contribution in [0.25, 0.3) is 0 Å². The van der Waals surface area contributed by atoms with E-state index >= 15 is 0 Å². The minimum Gasteiger partial charge on any atom is -0.494 e.